The summed E-state index contributed by atoms with van der Waals surface area (Å²) >= 11 is 0. The number of benzene rings is 2. The number of aliphatic hydroxyl groups is 2. The fourth-order valence-electron chi connectivity index (χ4n) is 2.79. The van der Waals surface area contributed by atoms with Crippen LogP contribution in [-0.4, -0.2) is 22.4 Å². The monoisotopic (exact) mass is 270 g/mol. The van der Waals surface area contributed by atoms with E-state index in [2.05, 4.69) is 0 Å². The zero-order valence-electron chi connectivity index (χ0n) is 11.4. The number of fused-ring (bicyclic) bond motifs is 1. The molecule has 20 heavy (non-hydrogen) atoms. The SMILES string of the molecule is Cc1ccccc1O[C@H]1c2ccccc2C[C@@]1(O)CO. The fraction of sp³-hybridized carbons (Fsp3) is 0.294. The molecule has 0 saturated carbocycles. The summed E-state index contributed by atoms with van der Waals surface area (Å²) in [7, 11) is 0. The van der Waals surface area contributed by atoms with Crippen LogP contribution in [0.2, 0.25) is 0 Å². The molecule has 0 saturated heterocycles. The Kier molecular flexibility index (Phi) is 3.24. The van der Waals surface area contributed by atoms with Crippen molar-refractivity contribution < 1.29 is 14.9 Å². The van der Waals surface area contributed by atoms with Gasteiger partial charge in [-0.25, -0.2) is 0 Å². The van der Waals surface area contributed by atoms with Gasteiger partial charge >= 0.3 is 0 Å². The van der Waals surface area contributed by atoms with E-state index in [1.54, 1.807) is 0 Å². The Morgan fingerprint density at radius 3 is 2.60 bits per heavy atom. The molecule has 0 bridgehead atoms. The van der Waals surface area contributed by atoms with Gasteiger partial charge in [-0.05, 0) is 29.7 Å². The van der Waals surface area contributed by atoms with Crippen LogP contribution >= 0.6 is 0 Å². The lowest BCUT2D eigenvalue weighted by Crippen LogP contribution is -2.40. The van der Waals surface area contributed by atoms with Gasteiger partial charge in [0.05, 0.1) is 6.61 Å². The summed E-state index contributed by atoms with van der Waals surface area (Å²) in [6, 6.07) is 15.5. The van der Waals surface area contributed by atoms with Crippen molar-refractivity contribution in [3.63, 3.8) is 0 Å². The van der Waals surface area contributed by atoms with Crippen molar-refractivity contribution in [3.05, 3.63) is 65.2 Å². The Labute approximate surface area is 118 Å². The van der Waals surface area contributed by atoms with Gasteiger partial charge in [-0.15, -0.1) is 0 Å². The van der Waals surface area contributed by atoms with E-state index in [0.717, 1.165) is 22.4 Å². The lowest BCUT2D eigenvalue weighted by Gasteiger charge is -2.29. The molecule has 0 aromatic heterocycles. The van der Waals surface area contributed by atoms with E-state index >= 15 is 0 Å². The molecule has 3 heteroatoms. The number of hydrogen-bond donors (Lipinski definition) is 2. The average Bonchev–Trinajstić information content (AvgIpc) is 2.75. The summed E-state index contributed by atoms with van der Waals surface area (Å²) in [5.41, 5.74) is 1.73. The summed E-state index contributed by atoms with van der Waals surface area (Å²) in [5.74, 6) is 0.737. The minimum Gasteiger partial charge on any atom is -0.482 e. The zero-order valence-corrected chi connectivity index (χ0v) is 11.4. The molecule has 0 aliphatic heterocycles. The van der Waals surface area contributed by atoms with E-state index in [9.17, 15) is 10.2 Å². The Bertz CT molecular complexity index is 623. The summed E-state index contributed by atoms with van der Waals surface area (Å²) in [6.07, 6.45) is -0.124. The highest BCUT2D eigenvalue weighted by Gasteiger charge is 2.46. The fourth-order valence-corrected chi connectivity index (χ4v) is 2.79. The first kappa shape index (κ1) is 13.2. The second-order valence-electron chi connectivity index (χ2n) is 5.40. The highest BCUT2D eigenvalue weighted by Crippen LogP contribution is 2.42. The normalized spacial score (nSPS) is 24.4. The molecule has 1 aliphatic carbocycles. The second-order valence-corrected chi connectivity index (χ2v) is 5.40. The zero-order chi connectivity index (χ0) is 14.2. The maximum atomic E-state index is 10.7. The van der Waals surface area contributed by atoms with E-state index in [4.69, 9.17) is 4.74 Å². The van der Waals surface area contributed by atoms with Crippen LogP contribution in [0.25, 0.3) is 0 Å². The third-order valence-corrected chi connectivity index (χ3v) is 3.93. The van der Waals surface area contributed by atoms with Gasteiger partial charge in [0.25, 0.3) is 0 Å². The third-order valence-electron chi connectivity index (χ3n) is 3.93. The van der Waals surface area contributed by atoms with Crippen LogP contribution in [0.1, 0.15) is 22.8 Å². The van der Waals surface area contributed by atoms with E-state index in [1.165, 1.54) is 0 Å². The average molecular weight is 270 g/mol. The molecule has 1 aliphatic rings. The molecular weight excluding hydrogens is 252 g/mol. The summed E-state index contributed by atoms with van der Waals surface area (Å²) in [4.78, 5) is 0. The first-order valence-corrected chi connectivity index (χ1v) is 6.77. The van der Waals surface area contributed by atoms with Gasteiger partial charge in [0, 0.05) is 6.42 Å². The predicted octanol–water partition coefficient (Wildman–Crippen LogP) is 2.39. The lowest BCUT2D eigenvalue weighted by molar-refractivity contribution is -0.0849. The van der Waals surface area contributed by atoms with Crippen LogP contribution < -0.4 is 4.74 Å². The lowest BCUT2D eigenvalue weighted by atomic mass is 9.98. The van der Waals surface area contributed by atoms with Crippen LogP contribution in [-0.2, 0) is 6.42 Å². The number of ether oxygens (including phenoxy) is 1. The van der Waals surface area contributed by atoms with Crippen molar-refractivity contribution in [2.24, 2.45) is 0 Å². The molecule has 0 amide bonds. The van der Waals surface area contributed by atoms with Gasteiger partial charge in [-0.1, -0.05) is 42.5 Å². The van der Waals surface area contributed by atoms with Gasteiger partial charge in [0.1, 0.15) is 11.4 Å². The molecule has 0 radical (unpaired) electrons. The number of aryl methyl sites for hydroxylation is 1. The smallest absolute Gasteiger partial charge is 0.155 e. The molecule has 3 nitrogen and oxygen atoms in total. The maximum Gasteiger partial charge on any atom is 0.155 e. The van der Waals surface area contributed by atoms with Gasteiger partial charge in [0.15, 0.2) is 6.10 Å². The molecule has 2 aromatic carbocycles. The molecule has 0 unspecified atom stereocenters. The highest BCUT2D eigenvalue weighted by molar-refractivity contribution is 5.40. The standard InChI is InChI=1S/C17H18O3/c1-12-6-2-5-9-15(12)20-16-14-8-4-3-7-13(14)10-17(16,19)11-18/h2-9,16,18-19H,10-11H2,1H3/t16-,17+/m0/s1. The quantitative estimate of drug-likeness (QED) is 0.900. The van der Waals surface area contributed by atoms with E-state index in [-0.39, 0.29) is 6.61 Å². The molecule has 2 N–H and O–H groups in total. The van der Waals surface area contributed by atoms with E-state index < -0.39 is 11.7 Å². The van der Waals surface area contributed by atoms with Crippen molar-refractivity contribution in [3.8, 4) is 5.75 Å². The molecular formula is C17H18O3. The molecule has 0 spiro atoms. The number of aliphatic hydroxyl groups excluding tert-OH is 1. The Hall–Kier alpha value is -1.84. The largest absolute Gasteiger partial charge is 0.482 e. The van der Waals surface area contributed by atoms with Crippen molar-refractivity contribution in [2.45, 2.75) is 25.0 Å². The van der Waals surface area contributed by atoms with Crippen molar-refractivity contribution in [1.82, 2.24) is 0 Å². The topological polar surface area (TPSA) is 49.7 Å². The molecule has 3 rings (SSSR count). The molecule has 0 heterocycles. The highest BCUT2D eigenvalue weighted by atomic mass is 16.5. The van der Waals surface area contributed by atoms with Crippen molar-refractivity contribution in [2.75, 3.05) is 6.61 Å². The molecule has 0 fully saturated rings. The Morgan fingerprint density at radius 1 is 1.15 bits per heavy atom. The third kappa shape index (κ3) is 2.09. The molecule has 104 valence electrons. The summed E-state index contributed by atoms with van der Waals surface area (Å²) in [6.45, 7) is 1.65. The number of para-hydroxylation sites is 1. The van der Waals surface area contributed by atoms with E-state index in [0.29, 0.717) is 6.42 Å². The van der Waals surface area contributed by atoms with Crippen molar-refractivity contribution >= 4 is 0 Å². The Morgan fingerprint density at radius 2 is 1.85 bits per heavy atom. The molecule has 2 atom stereocenters. The maximum absolute atomic E-state index is 10.7. The summed E-state index contributed by atoms with van der Waals surface area (Å²) in [5, 5.41) is 20.2. The molecule has 2 aromatic rings. The van der Waals surface area contributed by atoms with Crippen LogP contribution in [0.5, 0.6) is 5.75 Å². The van der Waals surface area contributed by atoms with Crippen LogP contribution in [0, 0.1) is 6.92 Å². The number of rotatable bonds is 3. The second kappa shape index (κ2) is 4.93. The minimum absolute atomic E-state index is 0.321. The van der Waals surface area contributed by atoms with Gasteiger partial charge < -0.3 is 14.9 Å². The van der Waals surface area contributed by atoms with Crippen LogP contribution in [0.15, 0.2) is 48.5 Å². The van der Waals surface area contributed by atoms with Gasteiger partial charge in [0.2, 0.25) is 0 Å². The minimum atomic E-state index is -1.26. The van der Waals surface area contributed by atoms with Gasteiger partial charge in [-0.2, -0.15) is 0 Å². The van der Waals surface area contributed by atoms with E-state index in [1.807, 2.05) is 55.5 Å². The summed E-state index contributed by atoms with van der Waals surface area (Å²) < 4.78 is 6.03. The predicted molar refractivity (Wildman–Crippen MR) is 76.7 cm³/mol. The van der Waals surface area contributed by atoms with Crippen molar-refractivity contribution in [1.29, 1.82) is 0 Å². The van der Waals surface area contributed by atoms with Crippen LogP contribution in [0.4, 0.5) is 0 Å². The Balaban J connectivity index is 2.00. The first-order valence-electron chi connectivity index (χ1n) is 6.77. The number of hydrogen-bond acceptors (Lipinski definition) is 3. The van der Waals surface area contributed by atoms with Crippen LogP contribution in [0.3, 0.4) is 0 Å². The first-order chi connectivity index (χ1) is 9.64. The van der Waals surface area contributed by atoms with Gasteiger partial charge in [-0.3, -0.25) is 0 Å².